The molecule has 2 heterocycles. The molecule has 34 heavy (non-hydrogen) atoms. The third-order valence-corrected chi connectivity index (χ3v) is 6.98. The Bertz CT molecular complexity index is 1330. The van der Waals surface area contributed by atoms with Crippen LogP contribution in [-0.4, -0.2) is 28.5 Å². The van der Waals surface area contributed by atoms with E-state index in [1.807, 2.05) is 26.0 Å². The number of halogens is 1. The summed E-state index contributed by atoms with van der Waals surface area (Å²) in [4.78, 5) is 26.6. The monoisotopic (exact) mass is 459 g/mol. The first kappa shape index (κ1) is 22.1. The molecule has 0 aliphatic carbocycles. The fourth-order valence-corrected chi connectivity index (χ4v) is 5.29. The maximum atomic E-state index is 13.7. The number of carbonyl (C=O) groups is 2. The molecule has 0 bridgehead atoms. The number of carboxylic acid groups (broad SMARTS) is 1. The quantitative estimate of drug-likeness (QED) is 0.581. The zero-order valence-electron chi connectivity index (χ0n) is 19.3. The summed E-state index contributed by atoms with van der Waals surface area (Å²) < 4.78 is 19.5. The Morgan fingerprint density at radius 3 is 2.56 bits per heavy atom. The van der Waals surface area contributed by atoms with Crippen molar-refractivity contribution in [1.29, 1.82) is 0 Å². The van der Waals surface area contributed by atoms with Gasteiger partial charge in [0, 0.05) is 18.7 Å². The van der Waals surface area contributed by atoms with Gasteiger partial charge in [0.1, 0.15) is 11.6 Å². The molecule has 0 radical (unpaired) electrons. The number of nitrogens with zero attached hydrogens (tertiary/aromatic N) is 1. The van der Waals surface area contributed by atoms with Crippen molar-refractivity contribution in [3.05, 3.63) is 87.2 Å². The standard InChI is InChI=1S/C28H26FNO4/c1-16-22(13-26(31)32)27(19-8-9-25-18(11-19)6-4-10-34-25)17(2)24-15-30(14-23(16)24)28(33)20-5-3-7-21(29)12-20/h3,5,7-9,11-12H,4,6,10,13-15H2,1-2H3,(H,31,32). The van der Waals surface area contributed by atoms with Crippen LogP contribution in [-0.2, 0) is 30.7 Å². The van der Waals surface area contributed by atoms with Gasteiger partial charge in [-0.05, 0) is 102 Å². The minimum Gasteiger partial charge on any atom is -0.493 e. The molecule has 0 saturated carbocycles. The van der Waals surface area contributed by atoms with Crippen molar-refractivity contribution in [3.63, 3.8) is 0 Å². The number of ether oxygens (including phenoxy) is 1. The average molecular weight is 460 g/mol. The van der Waals surface area contributed by atoms with E-state index in [0.29, 0.717) is 25.3 Å². The number of carbonyl (C=O) groups excluding carboxylic acids is 1. The van der Waals surface area contributed by atoms with E-state index in [0.717, 1.165) is 63.1 Å². The number of rotatable bonds is 4. The first-order valence-electron chi connectivity index (χ1n) is 11.5. The third kappa shape index (κ3) is 3.83. The number of aryl methyl sites for hydroxylation is 1. The van der Waals surface area contributed by atoms with Crippen molar-refractivity contribution in [1.82, 2.24) is 4.90 Å². The zero-order chi connectivity index (χ0) is 24.0. The maximum Gasteiger partial charge on any atom is 0.307 e. The van der Waals surface area contributed by atoms with Gasteiger partial charge in [-0.2, -0.15) is 0 Å². The normalized spacial score (nSPS) is 14.4. The van der Waals surface area contributed by atoms with Crippen LogP contribution >= 0.6 is 0 Å². The number of amides is 1. The Labute approximate surface area is 197 Å². The van der Waals surface area contributed by atoms with Crippen LogP contribution in [0.2, 0.25) is 0 Å². The highest BCUT2D eigenvalue weighted by Gasteiger charge is 2.31. The number of aliphatic carboxylic acids is 1. The molecular formula is C28H26FNO4. The van der Waals surface area contributed by atoms with Gasteiger partial charge in [0.25, 0.3) is 5.91 Å². The molecule has 0 saturated heterocycles. The minimum absolute atomic E-state index is 0.0965. The van der Waals surface area contributed by atoms with E-state index in [1.165, 1.54) is 18.2 Å². The van der Waals surface area contributed by atoms with Crippen molar-refractivity contribution in [2.24, 2.45) is 0 Å². The Morgan fingerprint density at radius 2 is 1.82 bits per heavy atom. The first-order chi connectivity index (χ1) is 16.3. The summed E-state index contributed by atoms with van der Waals surface area (Å²) in [5, 5.41) is 9.69. The Morgan fingerprint density at radius 1 is 1.06 bits per heavy atom. The SMILES string of the molecule is Cc1c2c(c(C)c(-c3ccc4c(c3)CCCO4)c1CC(=O)O)CN(C(=O)c1cccc(F)c1)C2. The van der Waals surface area contributed by atoms with Crippen LogP contribution in [0.1, 0.15) is 50.2 Å². The van der Waals surface area contributed by atoms with E-state index in [2.05, 4.69) is 6.07 Å². The molecule has 5 rings (SSSR count). The van der Waals surface area contributed by atoms with Crippen LogP contribution < -0.4 is 4.74 Å². The lowest BCUT2D eigenvalue weighted by Gasteiger charge is -2.22. The average Bonchev–Trinajstić information content (AvgIpc) is 3.28. The molecule has 174 valence electrons. The third-order valence-electron chi connectivity index (χ3n) is 6.98. The number of carboxylic acids is 1. The molecule has 0 spiro atoms. The van der Waals surface area contributed by atoms with Crippen molar-refractivity contribution in [3.8, 4) is 16.9 Å². The molecule has 0 atom stereocenters. The number of hydrogen-bond acceptors (Lipinski definition) is 3. The second kappa shape index (κ2) is 8.60. The smallest absolute Gasteiger partial charge is 0.307 e. The topological polar surface area (TPSA) is 66.8 Å². The van der Waals surface area contributed by atoms with Crippen LogP contribution in [0.15, 0.2) is 42.5 Å². The number of hydrogen-bond donors (Lipinski definition) is 1. The number of fused-ring (bicyclic) bond motifs is 2. The number of benzene rings is 3. The lowest BCUT2D eigenvalue weighted by Crippen LogP contribution is -2.25. The van der Waals surface area contributed by atoms with Crippen LogP contribution in [0.25, 0.3) is 11.1 Å². The minimum atomic E-state index is -0.893. The van der Waals surface area contributed by atoms with Gasteiger partial charge in [0.15, 0.2) is 0 Å². The van der Waals surface area contributed by atoms with Gasteiger partial charge >= 0.3 is 5.97 Å². The van der Waals surface area contributed by atoms with E-state index >= 15 is 0 Å². The lowest BCUT2D eigenvalue weighted by molar-refractivity contribution is -0.136. The molecule has 2 aliphatic rings. The highest BCUT2D eigenvalue weighted by Crippen LogP contribution is 2.41. The second-order valence-corrected chi connectivity index (χ2v) is 9.08. The van der Waals surface area contributed by atoms with Gasteiger partial charge in [-0.15, -0.1) is 0 Å². The molecule has 1 N–H and O–H groups in total. The molecule has 5 nitrogen and oxygen atoms in total. The summed E-state index contributed by atoms with van der Waals surface area (Å²) in [5.41, 5.74) is 8.04. The van der Waals surface area contributed by atoms with Gasteiger partial charge in [-0.25, -0.2) is 4.39 Å². The summed E-state index contributed by atoms with van der Waals surface area (Å²) >= 11 is 0. The predicted octanol–water partition coefficient (Wildman–Crippen LogP) is 5.22. The second-order valence-electron chi connectivity index (χ2n) is 9.08. The summed E-state index contributed by atoms with van der Waals surface area (Å²) in [6.45, 7) is 5.44. The highest BCUT2D eigenvalue weighted by molar-refractivity contribution is 5.95. The summed E-state index contributed by atoms with van der Waals surface area (Å²) in [6.07, 6.45) is 1.79. The molecule has 1 amide bonds. The molecule has 0 unspecified atom stereocenters. The van der Waals surface area contributed by atoms with Gasteiger partial charge < -0.3 is 14.7 Å². The largest absolute Gasteiger partial charge is 0.493 e. The van der Waals surface area contributed by atoms with Crippen molar-refractivity contribution in [2.45, 2.75) is 46.2 Å². The van der Waals surface area contributed by atoms with E-state index in [1.54, 1.807) is 11.0 Å². The zero-order valence-corrected chi connectivity index (χ0v) is 19.3. The van der Waals surface area contributed by atoms with Crippen LogP contribution in [0.3, 0.4) is 0 Å². The Hall–Kier alpha value is -3.67. The van der Waals surface area contributed by atoms with Crippen LogP contribution in [0.5, 0.6) is 5.75 Å². The maximum absolute atomic E-state index is 13.7. The van der Waals surface area contributed by atoms with E-state index in [-0.39, 0.29) is 12.3 Å². The Kier molecular flexibility index (Phi) is 5.60. The van der Waals surface area contributed by atoms with E-state index < -0.39 is 11.8 Å². The van der Waals surface area contributed by atoms with Gasteiger partial charge in [0.05, 0.1) is 13.0 Å². The van der Waals surface area contributed by atoms with E-state index in [4.69, 9.17) is 4.74 Å². The molecule has 3 aromatic rings. The predicted molar refractivity (Wildman–Crippen MR) is 126 cm³/mol. The summed E-state index contributed by atoms with van der Waals surface area (Å²) in [6, 6.07) is 11.8. The van der Waals surface area contributed by atoms with Crippen molar-refractivity contribution < 1.29 is 23.8 Å². The van der Waals surface area contributed by atoms with E-state index in [9.17, 15) is 19.1 Å². The Balaban J connectivity index is 1.60. The van der Waals surface area contributed by atoms with Crippen LogP contribution in [0.4, 0.5) is 4.39 Å². The van der Waals surface area contributed by atoms with Crippen LogP contribution in [0, 0.1) is 19.7 Å². The van der Waals surface area contributed by atoms with Gasteiger partial charge in [0.2, 0.25) is 0 Å². The van der Waals surface area contributed by atoms with Crippen molar-refractivity contribution >= 4 is 11.9 Å². The highest BCUT2D eigenvalue weighted by atomic mass is 19.1. The van der Waals surface area contributed by atoms with Crippen molar-refractivity contribution in [2.75, 3.05) is 6.61 Å². The summed E-state index contributed by atoms with van der Waals surface area (Å²) in [7, 11) is 0. The van der Waals surface area contributed by atoms with Gasteiger partial charge in [-0.1, -0.05) is 12.1 Å². The molecular weight excluding hydrogens is 433 g/mol. The summed E-state index contributed by atoms with van der Waals surface area (Å²) in [5.74, 6) is -0.688. The fourth-order valence-electron chi connectivity index (χ4n) is 5.29. The molecule has 0 aromatic heterocycles. The molecule has 0 fully saturated rings. The molecule has 3 aromatic carbocycles. The van der Waals surface area contributed by atoms with Gasteiger partial charge in [-0.3, -0.25) is 9.59 Å². The lowest BCUT2D eigenvalue weighted by atomic mass is 9.83. The first-order valence-corrected chi connectivity index (χ1v) is 11.5. The fraction of sp³-hybridized carbons (Fsp3) is 0.286. The molecule has 2 aliphatic heterocycles. The molecule has 6 heteroatoms.